The van der Waals surface area contributed by atoms with Crippen LogP contribution in [0.25, 0.3) is 33.5 Å². The van der Waals surface area contributed by atoms with Gasteiger partial charge in [-0.1, -0.05) is 82.3 Å². The second-order valence-corrected chi connectivity index (χ2v) is 20.3. The smallest absolute Gasteiger partial charge is 0.416 e. The number of hydrogen-bond donors (Lipinski definition) is 1. The molecule has 1 aliphatic heterocycles. The first-order valence-corrected chi connectivity index (χ1v) is 22.9. The Labute approximate surface area is 368 Å². The standard InChI is InChI=1S/C48H49F3N4O8S/c1-6-30-24-47(30,45(59)54-64(60,61)33-20-21-33)25-38(57)36-23-32(26-55(36)44(58)35(46(3,4)5)22-27-12-14-28(15-13-27)37(56)7-2)62-43-41-40(34-10-8-9-11-39(34)63-41)52-42(53-43)29-16-18-31(19-17-29)48(49,50)51/h6,8-19,30,32-33,35-36H,1,7,20-26H2,2-5H3,(H,54,59)/t30-,32-,35-,36+,47-/m1/s1. The minimum atomic E-state index is -4.56. The van der Waals surface area contributed by atoms with Crippen molar-refractivity contribution in [3.05, 3.63) is 102 Å². The van der Waals surface area contributed by atoms with Crippen molar-refractivity contribution >= 4 is 55.5 Å². The highest BCUT2D eigenvalue weighted by Gasteiger charge is 2.61. The van der Waals surface area contributed by atoms with E-state index in [2.05, 4.69) is 21.3 Å². The summed E-state index contributed by atoms with van der Waals surface area (Å²) in [5.74, 6) is -2.74. The molecule has 3 heterocycles. The molecule has 0 radical (unpaired) electrons. The number of carbonyl (C=O) groups is 4. The largest absolute Gasteiger partial charge is 0.470 e. The molecule has 0 spiro atoms. The molecule has 5 aromatic rings. The van der Waals surface area contributed by atoms with Crippen molar-refractivity contribution in [2.75, 3.05) is 6.54 Å². The van der Waals surface area contributed by atoms with Crippen molar-refractivity contribution < 1.29 is 49.9 Å². The molecule has 12 nitrogen and oxygen atoms in total. The number of carbonyl (C=O) groups excluding carboxylic acids is 4. The first kappa shape index (κ1) is 44.7. The number of aromatic nitrogens is 2. The fourth-order valence-corrected chi connectivity index (χ4v) is 10.1. The van der Waals surface area contributed by atoms with Gasteiger partial charge in [0.2, 0.25) is 27.4 Å². The molecule has 0 unspecified atom stereocenters. The van der Waals surface area contributed by atoms with Crippen molar-refractivity contribution in [3.63, 3.8) is 0 Å². The summed E-state index contributed by atoms with van der Waals surface area (Å²) >= 11 is 0. The van der Waals surface area contributed by atoms with Gasteiger partial charge in [0.15, 0.2) is 17.4 Å². The zero-order valence-corrected chi connectivity index (χ0v) is 36.7. The Balaban J connectivity index is 1.15. The van der Waals surface area contributed by atoms with Crippen LogP contribution in [-0.4, -0.2) is 70.6 Å². The Hall–Kier alpha value is -5.90. The normalized spacial score (nSPS) is 21.7. The summed E-state index contributed by atoms with van der Waals surface area (Å²) in [4.78, 5) is 66.8. The Kier molecular flexibility index (Phi) is 11.6. The van der Waals surface area contributed by atoms with Crippen molar-refractivity contribution in [1.82, 2.24) is 19.6 Å². The maximum atomic E-state index is 15.1. The summed E-state index contributed by atoms with van der Waals surface area (Å²) in [5, 5.41) is -0.0637. The highest BCUT2D eigenvalue weighted by atomic mass is 32.2. The summed E-state index contributed by atoms with van der Waals surface area (Å²) in [7, 11) is -3.93. The van der Waals surface area contributed by atoms with Crippen LogP contribution in [0.3, 0.4) is 0 Å². The lowest BCUT2D eigenvalue weighted by Crippen LogP contribution is -2.48. The monoisotopic (exact) mass is 898 g/mol. The number of Topliss-reactive ketones (excluding diaryl/α,β-unsaturated/α-hetero) is 2. The van der Waals surface area contributed by atoms with Crippen LogP contribution in [0.4, 0.5) is 13.2 Å². The number of hydrogen-bond acceptors (Lipinski definition) is 10. The molecular weight excluding hydrogens is 850 g/mol. The summed E-state index contributed by atoms with van der Waals surface area (Å²) in [6.07, 6.45) is -2.59. The lowest BCUT2D eigenvalue weighted by atomic mass is 9.76. The quantitative estimate of drug-likeness (QED) is 0.0794. The van der Waals surface area contributed by atoms with Crippen LogP contribution in [0.1, 0.15) is 87.7 Å². The van der Waals surface area contributed by atoms with E-state index in [4.69, 9.17) is 9.15 Å². The predicted molar refractivity (Wildman–Crippen MR) is 232 cm³/mol. The lowest BCUT2D eigenvalue weighted by molar-refractivity contribution is -0.144. The van der Waals surface area contributed by atoms with Gasteiger partial charge in [-0.2, -0.15) is 18.2 Å². The molecule has 0 bridgehead atoms. The fraction of sp³-hybridized carbons (Fsp3) is 0.417. The molecule has 2 aromatic heterocycles. The summed E-state index contributed by atoms with van der Waals surface area (Å²) in [5.41, 5.74) is -0.276. The number of nitrogens with one attached hydrogen (secondary N) is 1. The maximum absolute atomic E-state index is 15.1. The molecule has 336 valence electrons. The van der Waals surface area contributed by atoms with Gasteiger partial charge in [0, 0.05) is 41.7 Å². The molecule has 3 aromatic carbocycles. The highest BCUT2D eigenvalue weighted by Crippen LogP contribution is 2.57. The van der Waals surface area contributed by atoms with Crippen molar-refractivity contribution in [2.45, 2.75) is 96.2 Å². The molecule has 64 heavy (non-hydrogen) atoms. The third-order valence-corrected chi connectivity index (χ3v) is 14.6. The van der Waals surface area contributed by atoms with E-state index < -0.39 is 73.5 Å². The molecule has 2 saturated carbocycles. The van der Waals surface area contributed by atoms with Gasteiger partial charge in [0.1, 0.15) is 17.2 Å². The molecule has 2 amide bonds. The number of alkyl halides is 3. The number of rotatable bonds is 15. The predicted octanol–water partition coefficient (Wildman–Crippen LogP) is 8.67. The van der Waals surface area contributed by atoms with E-state index in [1.165, 1.54) is 23.1 Å². The lowest BCUT2D eigenvalue weighted by Gasteiger charge is -2.35. The topological polar surface area (TPSA) is 166 Å². The minimum absolute atomic E-state index is 0.0134. The van der Waals surface area contributed by atoms with E-state index in [9.17, 15) is 36.0 Å². The first-order valence-electron chi connectivity index (χ1n) is 21.4. The third kappa shape index (κ3) is 8.80. The van der Waals surface area contributed by atoms with Crippen LogP contribution >= 0.6 is 0 Å². The van der Waals surface area contributed by atoms with Crippen LogP contribution in [0.2, 0.25) is 0 Å². The maximum Gasteiger partial charge on any atom is 0.416 e. The zero-order chi connectivity index (χ0) is 45.9. The van der Waals surface area contributed by atoms with E-state index in [-0.39, 0.29) is 66.8 Å². The number of allylic oxidation sites excluding steroid dienone is 1. The number of likely N-dealkylation sites (tertiary alicyclic amines) is 1. The Morgan fingerprint density at radius 1 is 1.00 bits per heavy atom. The van der Waals surface area contributed by atoms with E-state index in [0.29, 0.717) is 41.3 Å². The number of ether oxygens (including phenoxy) is 1. The molecule has 1 N–H and O–H groups in total. The van der Waals surface area contributed by atoms with Crippen LogP contribution in [-0.2, 0) is 37.0 Å². The second-order valence-electron chi connectivity index (χ2n) is 18.3. The van der Waals surface area contributed by atoms with E-state index >= 15 is 4.79 Å². The van der Waals surface area contributed by atoms with Gasteiger partial charge in [-0.05, 0) is 66.8 Å². The number of para-hydroxylation sites is 1. The summed E-state index contributed by atoms with van der Waals surface area (Å²) in [6, 6.07) is 17.4. The third-order valence-electron chi connectivity index (χ3n) is 12.8. The number of amides is 2. The van der Waals surface area contributed by atoms with E-state index in [1.807, 2.05) is 32.9 Å². The van der Waals surface area contributed by atoms with Gasteiger partial charge in [-0.25, -0.2) is 13.4 Å². The Bertz CT molecular complexity index is 2780. The summed E-state index contributed by atoms with van der Waals surface area (Å²) < 4.78 is 81.3. The number of ketones is 2. The molecule has 8 rings (SSSR count). The van der Waals surface area contributed by atoms with Gasteiger partial charge in [0.25, 0.3) is 5.88 Å². The van der Waals surface area contributed by atoms with Crippen LogP contribution in [0, 0.1) is 22.7 Å². The zero-order valence-electron chi connectivity index (χ0n) is 35.9. The van der Waals surface area contributed by atoms with Gasteiger partial charge in [-0.3, -0.25) is 23.9 Å². The van der Waals surface area contributed by atoms with Crippen molar-refractivity contribution in [2.24, 2.45) is 22.7 Å². The summed E-state index contributed by atoms with van der Waals surface area (Å²) in [6.45, 7) is 11.3. The highest BCUT2D eigenvalue weighted by molar-refractivity contribution is 7.90. The molecule has 2 aliphatic carbocycles. The van der Waals surface area contributed by atoms with Crippen LogP contribution in [0.15, 0.2) is 89.9 Å². The Morgan fingerprint density at radius 3 is 2.30 bits per heavy atom. The van der Waals surface area contributed by atoms with Crippen LogP contribution in [0.5, 0.6) is 5.88 Å². The minimum Gasteiger partial charge on any atom is -0.470 e. The number of benzene rings is 3. The number of fused-ring (bicyclic) bond motifs is 3. The van der Waals surface area contributed by atoms with Gasteiger partial charge in [-0.15, -0.1) is 6.58 Å². The average molecular weight is 899 g/mol. The number of halogens is 3. The average Bonchev–Trinajstić information content (AvgIpc) is 4.16. The molecule has 3 fully saturated rings. The van der Waals surface area contributed by atoms with Crippen molar-refractivity contribution in [3.8, 4) is 17.3 Å². The fourth-order valence-electron chi connectivity index (χ4n) is 8.71. The molecule has 16 heteroatoms. The van der Waals surface area contributed by atoms with Gasteiger partial charge in [0.05, 0.1) is 28.8 Å². The molecular formula is C48H49F3N4O8S. The molecule has 1 saturated heterocycles. The first-order chi connectivity index (χ1) is 30.2. The Morgan fingerprint density at radius 2 is 1.69 bits per heavy atom. The van der Waals surface area contributed by atoms with Gasteiger partial charge < -0.3 is 14.1 Å². The second kappa shape index (κ2) is 16.6. The van der Waals surface area contributed by atoms with E-state index in [1.54, 1.807) is 43.3 Å². The number of furan rings is 1. The van der Waals surface area contributed by atoms with E-state index in [0.717, 1.165) is 17.7 Å². The molecule has 5 atom stereocenters. The van der Waals surface area contributed by atoms with Gasteiger partial charge >= 0.3 is 6.18 Å². The van der Waals surface area contributed by atoms with Crippen molar-refractivity contribution in [1.29, 1.82) is 0 Å². The number of nitrogens with zero attached hydrogens (tertiary/aromatic N) is 3. The van der Waals surface area contributed by atoms with Crippen LogP contribution < -0.4 is 9.46 Å². The number of sulfonamides is 1. The SMILES string of the molecule is C=C[C@@H]1C[C@]1(CC(=O)[C@@H]1C[C@@H](Oc2nc(-c3ccc(C(F)(F)F)cc3)nc3c2oc2ccccc23)CN1C(=O)[C@@H](Cc1ccc(C(=O)CC)cc1)C(C)(C)C)C(=O)NS(=O)(=O)C1CC1. The molecule has 3 aliphatic rings.